The molecule has 0 saturated heterocycles. The smallest absolute Gasteiger partial charge is 0.282 e. The Morgan fingerprint density at radius 1 is 0.806 bits per heavy atom. The van der Waals surface area contributed by atoms with Crippen molar-refractivity contribution >= 4 is 28.8 Å². The molecule has 1 aliphatic rings. The standard InChI is InChI=1S/C25H20F2N2O2/c1-15(2)16-8-12-20(13-9-16)28-23-22(17-6-10-18(26)11-7-17)24(30)29(25(23)31)21-5-3-4-19(27)14-21/h3-15,28H,1-2H3. The van der Waals surface area contributed by atoms with E-state index < -0.39 is 23.4 Å². The Morgan fingerprint density at radius 3 is 2.10 bits per heavy atom. The highest BCUT2D eigenvalue weighted by Crippen LogP contribution is 2.34. The van der Waals surface area contributed by atoms with E-state index >= 15 is 0 Å². The second kappa shape index (κ2) is 8.14. The molecule has 0 spiro atoms. The molecule has 1 aliphatic heterocycles. The van der Waals surface area contributed by atoms with Gasteiger partial charge in [-0.3, -0.25) is 9.59 Å². The van der Waals surface area contributed by atoms with Gasteiger partial charge in [-0.2, -0.15) is 0 Å². The number of nitrogens with one attached hydrogen (secondary N) is 1. The Morgan fingerprint density at radius 2 is 1.48 bits per heavy atom. The van der Waals surface area contributed by atoms with Gasteiger partial charge in [-0.25, -0.2) is 13.7 Å². The third-order valence-electron chi connectivity index (χ3n) is 5.13. The average molecular weight is 418 g/mol. The van der Waals surface area contributed by atoms with Crippen LogP contribution in [0.1, 0.15) is 30.9 Å². The first-order valence-corrected chi connectivity index (χ1v) is 9.86. The number of amides is 2. The van der Waals surface area contributed by atoms with Crippen molar-refractivity contribution in [3.05, 3.63) is 101 Å². The Hall–Kier alpha value is -3.80. The number of carbonyl (C=O) groups is 2. The van der Waals surface area contributed by atoms with Gasteiger partial charge >= 0.3 is 0 Å². The van der Waals surface area contributed by atoms with Crippen LogP contribution in [0.15, 0.2) is 78.5 Å². The van der Waals surface area contributed by atoms with Crippen molar-refractivity contribution in [3.63, 3.8) is 0 Å². The molecule has 4 rings (SSSR count). The molecule has 0 bridgehead atoms. The van der Waals surface area contributed by atoms with E-state index in [9.17, 15) is 18.4 Å². The number of nitrogens with zero attached hydrogens (tertiary/aromatic N) is 1. The number of benzene rings is 3. The molecule has 0 aromatic heterocycles. The van der Waals surface area contributed by atoms with Gasteiger partial charge < -0.3 is 5.32 Å². The SMILES string of the molecule is CC(C)c1ccc(NC2=C(c3ccc(F)cc3)C(=O)N(c3cccc(F)c3)C2=O)cc1. The summed E-state index contributed by atoms with van der Waals surface area (Å²) in [5.41, 5.74) is 2.43. The van der Waals surface area contributed by atoms with Crippen LogP contribution in [0.3, 0.4) is 0 Å². The summed E-state index contributed by atoms with van der Waals surface area (Å²) in [7, 11) is 0. The van der Waals surface area contributed by atoms with Gasteiger partial charge in [0.25, 0.3) is 11.8 Å². The van der Waals surface area contributed by atoms with Gasteiger partial charge in [0, 0.05) is 5.69 Å². The van der Waals surface area contributed by atoms with Crippen molar-refractivity contribution in [2.24, 2.45) is 0 Å². The van der Waals surface area contributed by atoms with Crippen LogP contribution >= 0.6 is 0 Å². The molecule has 3 aromatic rings. The number of anilines is 2. The predicted molar refractivity (Wildman–Crippen MR) is 116 cm³/mol. The molecule has 0 aliphatic carbocycles. The average Bonchev–Trinajstić information content (AvgIpc) is 2.98. The van der Waals surface area contributed by atoms with Crippen molar-refractivity contribution in [3.8, 4) is 0 Å². The highest BCUT2D eigenvalue weighted by molar-refractivity contribution is 6.46. The fraction of sp³-hybridized carbons (Fsp3) is 0.120. The molecule has 3 aromatic carbocycles. The maximum Gasteiger partial charge on any atom is 0.282 e. The van der Waals surface area contributed by atoms with Gasteiger partial charge in [0.2, 0.25) is 0 Å². The minimum Gasteiger partial charge on any atom is -0.350 e. The first-order chi connectivity index (χ1) is 14.8. The molecule has 1 N–H and O–H groups in total. The predicted octanol–water partition coefficient (Wildman–Crippen LogP) is 5.48. The molecule has 0 atom stereocenters. The Balaban J connectivity index is 1.78. The maximum atomic E-state index is 13.8. The van der Waals surface area contributed by atoms with E-state index in [4.69, 9.17) is 0 Å². The van der Waals surface area contributed by atoms with Crippen LogP contribution < -0.4 is 10.2 Å². The molecule has 2 amide bonds. The number of halogens is 2. The lowest BCUT2D eigenvalue weighted by atomic mass is 10.0. The number of imide groups is 1. The lowest BCUT2D eigenvalue weighted by Crippen LogP contribution is -2.32. The third-order valence-corrected chi connectivity index (χ3v) is 5.13. The summed E-state index contributed by atoms with van der Waals surface area (Å²) in [5, 5.41) is 3.04. The van der Waals surface area contributed by atoms with E-state index in [-0.39, 0.29) is 17.0 Å². The first kappa shape index (κ1) is 20.5. The van der Waals surface area contributed by atoms with E-state index in [2.05, 4.69) is 19.2 Å². The third kappa shape index (κ3) is 3.97. The van der Waals surface area contributed by atoms with Gasteiger partial charge in [0.1, 0.15) is 17.3 Å². The lowest BCUT2D eigenvalue weighted by Gasteiger charge is -2.15. The zero-order valence-electron chi connectivity index (χ0n) is 17.0. The summed E-state index contributed by atoms with van der Waals surface area (Å²) >= 11 is 0. The van der Waals surface area contributed by atoms with Crippen LogP contribution in [0.2, 0.25) is 0 Å². The molecule has 1 heterocycles. The van der Waals surface area contributed by atoms with Crippen LogP contribution in [-0.4, -0.2) is 11.8 Å². The van der Waals surface area contributed by atoms with Gasteiger partial charge in [-0.05, 0) is 59.5 Å². The molecule has 156 valence electrons. The molecule has 0 saturated carbocycles. The van der Waals surface area contributed by atoms with Crippen LogP contribution in [0.25, 0.3) is 5.57 Å². The zero-order valence-corrected chi connectivity index (χ0v) is 17.0. The van der Waals surface area contributed by atoms with E-state index in [0.717, 1.165) is 16.5 Å². The largest absolute Gasteiger partial charge is 0.350 e. The van der Waals surface area contributed by atoms with E-state index in [1.165, 1.54) is 42.5 Å². The van der Waals surface area contributed by atoms with E-state index in [1.807, 2.05) is 24.3 Å². The van der Waals surface area contributed by atoms with Gasteiger partial charge in [0.05, 0.1) is 11.3 Å². The highest BCUT2D eigenvalue weighted by atomic mass is 19.1. The summed E-state index contributed by atoms with van der Waals surface area (Å²) in [4.78, 5) is 27.4. The number of rotatable bonds is 5. The van der Waals surface area contributed by atoms with Crippen LogP contribution in [0, 0.1) is 11.6 Å². The van der Waals surface area contributed by atoms with Gasteiger partial charge in [-0.1, -0.05) is 44.2 Å². The lowest BCUT2D eigenvalue weighted by molar-refractivity contribution is -0.120. The maximum absolute atomic E-state index is 13.8. The summed E-state index contributed by atoms with van der Waals surface area (Å²) in [5.74, 6) is -1.89. The van der Waals surface area contributed by atoms with Crippen molar-refractivity contribution in [2.75, 3.05) is 10.2 Å². The molecule has 4 nitrogen and oxygen atoms in total. The fourth-order valence-corrected chi connectivity index (χ4v) is 3.48. The number of carbonyl (C=O) groups excluding carboxylic acids is 2. The Kier molecular flexibility index (Phi) is 5.38. The quantitative estimate of drug-likeness (QED) is 0.558. The van der Waals surface area contributed by atoms with E-state index in [1.54, 1.807) is 0 Å². The summed E-state index contributed by atoms with van der Waals surface area (Å²) in [6, 6.07) is 18.1. The van der Waals surface area contributed by atoms with Gasteiger partial charge in [-0.15, -0.1) is 0 Å². The molecular weight excluding hydrogens is 398 g/mol. The van der Waals surface area contributed by atoms with Crippen molar-refractivity contribution < 1.29 is 18.4 Å². The van der Waals surface area contributed by atoms with Crippen LogP contribution in [-0.2, 0) is 9.59 Å². The minimum atomic E-state index is -0.608. The topological polar surface area (TPSA) is 49.4 Å². The number of hydrogen-bond donors (Lipinski definition) is 1. The van der Waals surface area contributed by atoms with Gasteiger partial charge in [0.15, 0.2) is 0 Å². The second-order valence-electron chi connectivity index (χ2n) is 7.58. The summed E-state index contributed by atoms with van der Waals surface area (Å²) in [6.07, 6.45) is 0. The summed E-state index contributed by atoms with van der Waals surface area (Å²) in [6.45, 7) is 4.15. The number of hydrogen-bond acceptors (Lipinski definition) is 3. The Labute approximate surface area is 178 Å². The van der Waals surface area contributed by atoms with Crippen molar-refractivity contribution in [1.29, 1.82) is 0 Å². The molecule has 0 unspecified atom stereocenters. The van der Waals surface area contributed by atoms with Crippen molar-refractivity contribution in [1.82, 2.24) is 0 Å². The monoisotopic (exact) mass is 418 g/mol. The molecule has 31 heavy (non-hydrogen) atoms. The van der Waals surface area contributed by atoms with Crippen LogP contribution in [0.4, 0.5) is 20.2 Å². The summed E-state index contributed by atoms with van der Waals surface area (Å²) < 4.78 is 27.2. The molecule has 0 radical (unpaired) electrons. The molecule has 6 heteroatoms. The first-order valence-electron chi connectivity index (χ1n) is 9.86. The molecule has 0 fully saturated rings. The van der Waals surface area contributed by atoms with E-state index in [0.29, 0.717) is 17.2 Å². The Bertz CT molecular complexity index is 1180. The van der Waals surface area contributed by atoms with Crippen LogP contribution in [0.5, 0.6) is 0 Å². The minimum absolute atomic E-state index is 0.0539. The molecular formula is C25H20F2N2O2. The zero-order chi connectivity index (χ0) is 22.1. The normalized spacial score (nSPS) is 14.0. The second-order valence-corrected chi connectivity index (χ2v) is 7.58. The fourth-order valence-electron chi connectivity index (χ4n) is 3.48. The highest BCUT2D eigenvalue weighted by Gasteiger charge is 2.40. The van der Waals surface area contributed by atoms with Crippen molar-refractivity contribution in [2.45, 2.75) is 19.8 Å².